The van der Waals surface area contributed by atoms with Crippen LogP contribution >= 0.6 is 0 Å². The summed E-state index contributed by atoms with van der Waals surface area (Å²) >= 11 is 0. The van der Waals surface area contributed by atoms with Gasteiger partial charge in [-0.2, -0.15) is 8.42 Å². The molecule has 7 heteroatoms. The lowest BCUT2D eigenvalue weighted by atomic mass is 9.85. The van der Waals surface area contributed by atoms with E-state index in [1.165, 1.54) is 19.2 Å². The number of nitrogens with two attached hydrogens (primary N) is 1. The number of benzene rings is 3. The van der Waals surface area contributed by atoms with Gasteiger partial charge in [0.25, 0.3) is 0 Å². The van der Waals surface area contributed by atoms with E-state index in [2.05, 4.69) is 0 Å². The van der Waals surface area contributed by atoms with Crippen molar-refractivity contribution >= 4 is 16.1 Å². The van der Waals surface area contributed by atoms with Crippen LogP contribution in [0.25, 0.3) is 0 Å². The molecule has 0 aliphatic rings. The first-order valence-electron chi connectivity index (χ1n) is 10.3. The Bertz CT molecular complexity index is 1130. The highest BCUT2D eigenvalue weighted by Crippen LogP contribution is 2.28. The quantitative estimate of drug-likeness (QED) is 0.389. The van der Waals surface area contributed by atoms with Gasteiger partial charge in [-0.15, -0.1) is 0 Å². The molecule has 0 aliphatic carbocycles. The molecule has 0 spiro atoms. The van der Waals surface area contributed by atoms with Crippen molar-refractivity contribution in [1.82, 2.24) is 0 Å². The molecule has 6 nitrogen and oxygen atoms in total. The van der Waals surface area contributed by atoms with Crippen LogP contribution in [-0.4, -0.2) is 27.5 Å². The van der Waals surface area contributed by atoms with Gasteiger partial charge in [-0.1, -0.05) is 60.2 Å². The summed E-state index contributed by atoms with van der Waals surface area (Å²) in [7, 11) is -2.60. The molecular weight excluding hydrogens is 426 g/mol. The molecule has 0 saturated carbocycles. The zero-order valence-corrected chi connectivity index (χ0v) is 18.9. The van der Waals surface area contributed by atoms with Crippen LogP contribution in [0.3, 0.4) is 0 Å². The SMILES string of the molecule is COC(=O)CC(c1ccc(OS(=O)(=O)c2ccc(C)cc2)cc1)C(N)Cc1ccccc1. The molecule has 2 atom stereocenters. The van der Waals surface area contributed by atoms with E-state index in [0.717, 1.165) is 16.7 Å². The molecule has 0 aromatic heterocycles. The summed E-state index contributed by atoms with van der Waals surface area (Å²) in [6, 6.07) is 22.5. The third-order valence-corrected chi connectivity index (χ3v) is 6.53. The highest BCUT2D eigenvalue weighted by Gasteiger charge is 2.24. The number of methoxy groups -OCH3 is 1. The number of aryl methyl sites for hydroxylation is 1. The summed E-state index contributed by atoms with van der Waals surface area (Å²) in [4.78, 5) is 12.1. The second-order valence-corrected chi connectivity index (χ2v) is 9.21. The molecule has 0 radical (unpaired) electrons. The van der Waals surface area contributed by atoms with Crippen LogP contribution in [0.4, 0.5) is 0 Å². The fraction of sp³-hybridized carbons (Fsp3) is 0.240. The number of ether oxygens (including phenoxy) is 1. The molecular formula is C25H27NO5S. The van der Waals surface area contributed by atoms with Gasteiger partial charge in [-0.3, -0.25) is 4.79 Å². The second kappa shape index (κ2) is 10.4. The average Bonchev–Trinajstić information content (AvgIpc) is 2.78. The summed E-state index contributed by atoms with van der Waals surface area (Å²) in [5.41, 5.74) is 9.31. The van der Waals surface area contributed by atoms with Crippen LogP contribution in [0.1, 0.15) is 29.0 Å². The molecule has 0 fully saturated rings. The van der Waals surface area contributed by atoms with Crippen LogP contribution in [0.5, 0.6) is 5.75 Å². The molecule has 0 heterocycles. The Morgan fingerprint density at radius 1 is 0.938 bits per heavy atom. The maximum absolute atomic E-state index is 12.5. The van der Waals surface area contributed by atoms with Crippen molar-refractivity contribution < 1.29 is 22.1 Å². The minimum atomic E-state index is -3.94. The molecule has 0 amide bonds. The van der Waals surface area contributed by atoms with E-state index in [9.17, 15) is 13.2 Å². The molecule has 2 unspecified atom stereocenters. The Morgan fingerprint density at radius 3 is 2.16 bits per heavy atom. The van der Waals surface area contributed by atoms with E-state index in [4.69, 9.17) is 14.7 Å². The molecule has 168 valence electrons. The smallest absolute Gasteiger partial charge is 0.339 e. The van der Waals surface area contributed by atoms with Gasteiger partial charge in [-0.05, 0) is 48.7 Å². The first-order valence-corrected chi connectivity index (χ1v) is 11.7. The van der Waals surface area contributed by atoms with Crippen LogP contribution in [0.15, 0.2) is 83.8 Å². The van der Waals surface area contributed by atoms with Crippen LogP contribution in [-0.2, 0) is 26.1 Å². The molecule has 0 bridgehead atoms. The van der Waals surface area contributed by atoms with Gasteiger partial charge in [-0.25, -0.2) is 0 Å². The fourth-order valence-electron chi connectivity index (χ4n) is 3.46. The topological polar surface area (TPSA) is 95.7 Å². The predicted molar refractivity (Wildman–Crippen MR) is 123 cm³/mol. The number of rotatable bonds is 9. The monoisotopic (exact) mass is 453 g/mol. The minimum absolute atomic E-state index is 0.0839. The molecule has 32 heavy (non-hydrogen) atoms. The van der Waals surface area contributed by atoms with Gasteiger partial charge in [0.1, 0.15) is 10.6 Å². The average molecular weight is 454 g/mol. The Labute approximate surface area is 189 Å². The largest absolute Gasteiger partial charge is 0.469 e. The van der Waals surface area contributed by atoms with E-state index in [1.807, 2.05) is 37.3 Å². The van der Waals surface area contributed by atoms with Gasteiger partial charge in [0.15, 0.2) is 0 Å². The van der Waals surface area contributed by atoms with Crippen molar-refractivity contribution in [1.29, 1.82) is 0 Å². The molecule has 3 aromatic rings. The van der Waals surface area contributed by atoms with Crippen molar-refractivity contribution in [3.05, 3.63) is 95.6 Å². The Balaban J connectivity index is 1.79. The van der Waals surface area contributed by atoms with Crippen molar-refractivity contribution in [3.63, 3.8) is 0 Å². The lowest BCUT2D eigenvalue weighted by molar-refractivity contribution is -0.141. The first kappa shape index (κ1) is 23.5. The summed E-state index contributed by atoms with van der Waals surface area (Å²) < 4.78 is 35.2. The zero-order valence-electron chi connectivity index (χ0n) is 18.1. The number of carbonyl (C=O) groups excluding carboxylic acids is 1. The van der Waals surface area contributed by atoms with Crippen molar-refractivity contribution in [2.24, 2.45) is 5.73 Å². The first-order chi connectivity index (χ1) is 15.3. The van der Waals surface area contributed by atoms with Gasteiger partial charge >= 0.3 is 16.1 Å². The van der Waals surface area contributed by atoms with Gasteiger partial charge in [0, 0.05) is 12.0 Å². The van der Waals surface area contributed by atoms with E-state index >= 15 is 0 Å². The molecule has 2 N–H and O–H groups in total. The zero-order chi connectivity index (χ0) is 23.1. The second-order valence-electron chi connectivity index (χ2n) is 7.66. The van der Waals surface area contributed by atoms with Gasteiger partial charge < -0.3 is 14.7 Å². The van der Waals surface area contributed by atoms with Crippen LogP contribution < -0.4 is 9.92 Å². The third kappa shape index (κ3) is 6.18. The van der Waals surface area contributed by atoms with E-state index in [-0.39, 0.29) is 35.0 Å². The third-order valence-electron chi connectivity index (χ3n) is 5.27. The van der Waals surface area contributed by atoms with E-state index in [0.29, 0.717) is 6.42 Å². The standard InChI is InChI=1S/C25H27NO5S/c1-18-8-14-22(15-9-18)32(28,29)31-21-12-10-20(11-13-21)23(17-25(27)30-2)24(26)16-19-6-4-3-5-7-19/h3-15,23-24H,16-17,26H2,1-2H3. The van der Waals surface area contributed by atoms with Crippen molar-refractivity contribution in [2.75, 3.05) is 7.11 Å². The number of hydrogen-bond donors (Lipinski definition) is 1. The van der Waals surface area contributed by atoms with Gasteiger partial charge in [0.2, 0.25) is 0 Å². The van der Waals surface area contributed by atoms with Crippen LogP contribution in [0, 0.1) is 6.92 Å². The molecule has 0 saturated heterocycles. The maximum atomic E-state index is 12.5. The molecule has 0 aliphatic heterocycles. The highest BCUT2D eigenvalue weighted by molar-refractivity contribution is 7.87. The Morgan fingerprint density at radius 2 is 1.56 bits per heavy atom. The summed E-state index contributed by atoms with van der Waals surface area (Å²) in [6.07, 6.45) is 0.703. The molecule has 3 aromatic carbocycles. The summed E-state index contributed by atoms with van der Waals surface area (Å²) in [5.74, 6) is -0.478. The van der Waals surface area contributed by atoms with E-state index in [1.54, 1.807) is 36.4 Å². The summed E-state index contributed by atoms with van der Waals surface area (Å²) in [6.45, 7) is 1.88. The van der Waals surface area contributed by atoms with Crippen molar-refractivity contribution in [2.45, 2.75) is 36.6 Å². The van der Waals surface area contributed by atoms with E-state index < -0.39 is 10.1 Å². The number of hydrogen-bond acceptors (Lipinski definition) is 6. The van der Waals surface area contributed by atoms with Crippen LogP contribution in [0.2, 0.25) is 0 Å². The normalized spacial score (nSPS) is 13.2. The van der Waals surface area contributed by atoms with Crippen molar-refractivity contribution in [3.8, 4) is 5.75 Å². The number of esters is 1. The van der Waals surface area contributed by atoms with Gasteiger partial charge in [0.05, 0.1) is 13.5 Å². The molecule has 3 rings (SSSR count). The predicted octanol–water partition coefficient (Wildman–Crippen LogP) is 3.98. The minimum Gasteiger partial charge on any atom is -0.469 e. The highest BCUT2D eigenvalue weighted by atomic mass is 32.2. The fourth-order valence-corrected chi connectivity index (χ4v) is 4.39. The Hall–Kier alpha value is -3.16. The summed E-state index contributed by atoms with van der Waals surface area (Å²) in [5, 5.41) is 0. The Kier molecular flexibility index (Phi) is 7.66. The lowest BCUT2D eigenvalue weighted by Gasteiger charge is -2.24. The maximum Gasteiger partial charge on any atom is 0.339 e. The lowest BCUT2D eigenvalue weighted by Crippen LogP contribution is -2.32. The number of carbonyl (C=O) groups is 1.